The summed E-state index contributed by atoms with van der Waals surface area (Å²) in [6.45, 7) is 5.58. The summed E-state index contributed by atoms with van der Waals surface area (Å²) in [5.41, 5.74) is 1.80. The molecule has 0 aliphatic carbocycles. The van der Waals surface area contributed by atoms with Crippen LogP contribution in [0, 0.1) is 0 Å². The minimum atomic E-state index is -3.14. The van der Waals surface area contributed by atoms with E-state index in [-0.39, 0.29) is 0 Å². The van der Waals surface area contributed by atoms with Gasteiger partial charge < -0.3 is 0 Å². The molecule has 2 nitrogen and oxygen atoms in total. The van der Waals surface area contributed by atoms with Crippen LogP contribution in [0.15, 0.2) is 47.9 Å². The minimum Gasteiger partial charge on any atom is -0.224 e. The summed E-state index contributed by atoms with van der Waals surface area (Å²) < 4.78 is 22.7. The molecule has 1 rings (SSSR count). The Kier molecular flexibility index (Phi) is 3.48. The Hall–Kier alpha value is -1.35. The van der Waals surface area contributed by atoms with Crippen molar-refractivity contribution in [1.82, 2.24) is 0 Å². The van der Waals surface area contributed by atoms with Crippen LogP contribution in [0.3, 0.4) is 0 Å². The molecule has 0 N–H and O–H groups in total. The number of allylic oxidation sites excluding steroid dienone is 3. The number of rotatable bonds is 3. The Morgan fingerprint density at radius 2 is 2.07 bits per heavy atom. The molecular weight excluding hydrogens is 208 g/mol. The van der Waals surface area contributed by atoms with Crippen LogP contribution in [-0.2, 0) is 9.84 Å². The molecule has 0 amide bonds. The highest BCUT2D eigenvalue weighted by molar-refractivity contribution is 7.90. The lowest BCUT2D eigenvalue weighted by molar-refractivity contribution is 0.602. The third-order valence-electron chi connectivity index (χ3n) is 2.13. The van der Waals surface area contributed by atoms with Crippen molar-refractivity contribution < 1.29 is 8.42 Å². The van der Waals surface area contributed by atoms with Gasteiger partial charge in [-0.15, -0.1) is 0 Å². The molecule has 15 heavy (non-hydrogen) atoms. The average Bonchev–Trinajstić information content (AvgIpc) is 2.19. The van der Waals surface area contributed by atoms with Gasteiger partial charge >= 0.3 is 0 Å². The Balaban J connectivity index is 3.31. The van der Waals surface area contributed by atoms with E-state index in [0.717, 1.165) is 11.1 Å². The van der Waals surface area contributed by atoms with E-state index in [1.165, 1.54) is 6.26 Å². The molecule has 3 heteroatoms. The standard InChI is InChI=1S/C12H14O2S/c1-4-10(5-2)11-7-6-8-12(9-11)15(3,13)14/h4-9H,1H2,2-3H3. The van der Waals surface area contributed by atoms with Crippen LogP contribution >= 0.6 is 0 Å². The first-order chi connectivity index (χ1) is 6.99. The van der Waals surface area contributed by atoms with Crippen molar-refractivity contribution in [3.05, 3.63) is 48.6 Å². The molecule has 80 valence electrons. The predicted molar refractivity (Wildman–Crippen MR) is 63.4 cm³/mol. The van der Waals surface area contributed by atoms with Crippen LogP contribution in [0.1, 0.15) is 12.5 Å². The maximum Gasteiger partial charge on any atom is 0.175 e. The molecular formula is C12H14O2S. The molecule has 0 unspecified atom stereocenters. The second-order valence-corrected chi connectivity index (χ2v) is 5.26. The molecule has 0 aliphatic rings. The first-order valence-corrected chi connectivity index (χ1v) is 6.47. The Labute approximate surface area is 90.9 Å². The summed E-state index contributed by atoms with van der Waals surface area (Å²) in [7, 11) is -3.14. The molecule has 1 aromatic carbocycles. The van der Waals surface area contributed by atoms with E-state index in [4.69, 9.17) is 0 Å². The zero-order valence-corrected chi connectivity index (χ0v) is 9.71. The molecule has 0 saturated carbocycles. The summed E-state index contributed by atoms with van der Waals surface area (Å²) in [4.78, 5) is 0.334. The van der Waals surface area contributed by atoms with Crippen LogP contribution < -0.4 is 0 Å². The molecule has 1 aromatic rings. The summed E-state index contributed by atoms with van der Waals surface area (Å²) in [6, 6.07) is 6.85. The Morgan fingerprint density at radius 1 is 1.40 bits per heavy atom. The van der Waals surface area contributed by atoms with Gasteiger partial charge in [0, 0.05) is 6.26 Å². The van der Waals surface area contributed by atoms with E-state index in [2.05, 4.69) is 6.58 Å². The maximum absolute atomic E-state index is 11.3. The molecule has 0 aliphatic heterocycles. The number of hydrogen-bond acceptors (Lipinski definition) is 2. The molecule has 0 saturated heterocycles. The summed E-state index contributed by atoms with van der Waals surface area (Å²) in [6.07, 6.45) is 4.81. The lowest BCUT2D eigenvalue weighted by Crippen LogP contribution is -1.97. The van der Waals surface area contributed by atoms with Gasteiger partial charge in [-0.2, -0.15) is 0 Å². The highest BCUT2D eigenvalue weighted by atomic mass is 32.2. The second kappa shape index (κ2) is 4.45. The first kappa shape index (κ1) is 11.7. The SMILES string of the molecule is C=CC(=CC)c1cccc(S(C)(=O)=O)c1. The van der Waals surface area contributed by atoms with E-state index in [1.54, 1.807) is 24.3 Å². The van der Waals surface area contributed by atoms with Crippen molar-refractivity contribution in [2.75, 3.05) is 6.26 Å². The maximum atomic E-state index is 11.3. The third-order valence-corrected chi connectivity index (χ3v) is 3.24. The van der Waals surface area contributed by atoms with Gasteiger partial charge in [-0.25, -0.2) is 8.42 Å². The monoisotopic (exact) mass is 222 g/mol. The Bertz CT molecular complexity index is 496. The van der Waals surface area contributed by atoms with E-state index >= 15 is 0 Å². The number of sulfone groups is 1. The molecule has 0 spiro atoms. The van der Waals surface area contributed by atoms with Crippen molar-refractivity contribution in [3.8, 4) is 0 Å². The fourth-order valence-corrected chi connectivity index (χ4v) is 1.98. The van der Waals surface area contributed by atoms with Crippen LogP contribution in [0.5, 0.6) is 0 Å². The summed E-state index contributed by atoms with van der Waals surface area (Å²) in [5.74, 6) is 0. The van der Waals surface area contributed by atoms with Gasteiger partial charge in [-0.1, -0.05) is 30.9 Å². The third kappa shape index (κ3) is 2.80. The molecule has 0 bridgehead atoms. The van der Waals surface area contributed by atoms with Crippen molar-refractivity contribution in [3.63, 3.8) is 0 Å². The fraction of sp³-hybridized carbons (Fsp3) is 0.167. The van der Waals surface area contributed by atoms with Gasteiger partial charge in [-0.05, 0) is 30.2 Å². The van der Waals surface area contributed by atoms with Crippen LogP contribution in [-0.4, -0.2) is 14.7 Å². The smallest absolute Gasteiger partial charge is 0.175 e. The van der Waals surface area contributed by atoms with Crippen molar-refractivity contribution >= 4 is 15.4 Å². The van der Waals surface area contributed by atoms with Crippen molar-refractivity contribution in [1.29, 1.82) is 0 Å². The largest absolute Gasteiger partial charge is 0.224 e. The van der Waals surface area contributed by atoms with Gasteiger partial charge in [0.25, 0.3) is 0 Å². The van der Waals surface area contributed by atoms with Crippen LogP contribution in [0.25, 0.3) is 5.57 Å². The van der Waals surface area contributed by atoms with Gasteiger partial charge in [0.1, 0.15) is 0 Å². The minimum absolute atomic E-state index is 0.334. The van der Waals surface area contributed by atoms with E-state index in [1.807, 2.05) is 19.1 Å². The molecule has 0 radical (unpaired) electrons. The lowest BCUT2D eigenvalue weighted by Gasteiger charge is -2.04. The van der Waals surface area contributed by atoms with E-state index < -0.39 is 9.84 Å². The molecule has 0 heterocycles. The lowest BCUT2D eigenvalue weighted by atomic mass is 10.1. The average molecular weight is 222 g/mol. The van der Waals surface area contributed by atoms with Gasteiger partial charge in [0.2, 0.25) is 0 Å². The normalized spacial score (nSPS) is 12.5. The van der Waals surface area contributed by atoms with Crippen molar-refractivity contribution in [2.45, 2.75) is 11.8 Å². The van der Waals surface area contributed by atoms with E-state index in [9.17, 15) is 8.42 Å². The molecule has 0 fully saturated rings. The summed E-state index contributed by atoms with van der Waals surface area (Å²) in [5, 5.41) is 0. The van der Waals surface area contributed by atoms with Crippen molar-refractivity contribution in [2.24, 2.45) is 0 Å². The number of hydrogen-bond donors (Lipinski definition) is 0. The molecule has 0 atom stereocenters. The quantitative estimate of drug-likeness (QED) is 0.737. The van der Waals surface area contributed by atoms with Gasteiger partial charge in [0.15, 0.2) is 9.84 Å². The van der Waals surface area contributed by atoms with Crippen LogP contribution in [0.4, 0.5) is 0 Å². The number of benzene rings is 1. The fourth-order valence-electron chi connectivity index (χ4n) is 1.31. The molecule has 0 aromatic heterocycles. The van der Waals surface area contributed by atoms with Gasteiger partial charge in [-0.3, -0.25) is 0 Å². The predicted octanol–water partition coefficient (Wildman–Crippen LogP) is 2.68. The highest BCUT2D eigenvalue weighted by Gasteiger charge is 2.07. The Morgan fingerprint density at radius 3 is 2.53 bits per heavy atom. The van der Waals surface area contributed by atoms with Crippen LogP contribution in [0.2, 0.25) is 0 Å². The zero-order chi connectivity index (χ0) is 11.5. The highest BCUT2D eigenvalue weighted by Crippen LogP contribution is 2.19. The summed E-state index contributed by atoms with van der Waals surface area (Å²) >= 11 is 0. The second-order valence-electron chi connectivity index (χ2n) is 3.25. The first-order valence-electron chi connectivity index (χ1n) is 4.58. The zero-order valence-electron chi connectivity index (χ0n) is 8.90. The van der Waals surface area contributed by atoms with E-state index in [0.29, 0.717) is 4.90 Å². The van der Waals surface area contributed by atoms with Gasteiger partial charge in [0.05, 0.1) is 4.90 Å². The topological polar surface area (TPSA) is 34.1 Å².